The second-order valence-electron chi connectivity index (χ2n) is 2.57. The van der Waals surface area contributed by atoms with Crippen molar-refractivity contribution >= 4 is 0 Å². The summed E-state index contributed by atoms with van der Waals surface area (Å²) in [6.45, 7) is 0. The van der Waals surface area contributed by atoms with Gasteiger partial charge in [0.05, 0.1) is 6.20 Å². The van der Waals surface area contributed by atoms with Crippen LogP contribution in [0.1, 0.15) is 24.5 Å². The van der Waals surface area contributed by atoms with E-state index in [9.17, 15) is 0 Å². The van der Waals surface area contributed by atoms with Crippen molar-refractivity contribution in [3.63, 3.8) is 0 Å². The van der Waals surface area contributed by atoms with Crippen molar-refractivity contribution in [1.29, 1.82) is 0 Å². The van der Waals surface area contributed by atoms with E-state index in [4.69, 9.17) is 0 Å². The van der Waals surface area contributed by atoms with E-state index in [1.54, 1.807) is 6.20 Å². The van der Waals surface area contributed by atoms with E-state index < -0.39 is 0 Å². The van der Waals surface area contributed by atoms with Crippen LogP contribution in [0.15, 0.2) is 6.20 Å². The minimum atomic E-state index is 0.775. The summed E-state index contributed by atoms with van der Waals surface area (Å²) in [7, 11) is 1.98. The first kappa shape index (κ1) is 5.03. The molecule has 0 N–H and O–H groups in total. The first-order valence-electron chi connectivity index (χ1n) is 3.27. The predicted octanol–water partition coefficient (Wildman–Crippen LogP) is 1.10. The van der Waals surface area contributed by atoms with E-state index in [-0.39, 0.29) is 0 Å². The van der Waals surface area contributed by atoms with Gasteiger partial charge in [-0.15, -0.1) is 0 Å². The van der Waals surface area contributed by atoms with Gasteiger partial charge in [-0.05, 0) is 12.8 Å². The van der Waals surface area contributed by atoms with Gasteiger partial charge >= 0.3 is 0 Å². The molecule has 47 valence electrons. The smallest absolute Gasteiger partial charge is 0.0572 e. The summed E-state index contributed by atoms with van der Waals surface area (Å²) in [5, 5.41) is 4.04. The van der Waals surface area contributed by atoms with Gasteiger partial charge in [-0.1, -0.05) is 0 Å². The molecule has 1 radical (unpaired) electrons. The summed E-state index contributed by atoms with van der Waals surface area (Å²) in [6, 6.07) is 3.12. The Hall–Kier alpha value is -0.790. The van der Waals surface area contributed by atoms with Gasteiger partial charge in [-0.3, -0.25) is 4.68 Å². The fourth-order valence-electron chi connectivity index (χ4n) is 1.08. The molecule has 0 unspecified atom stereocenters. The molecule has 0 aromatic carbocycles. The summed E-state index contributed by atoms with van der Waals surface area (Å²) < 4.78 is 1.91. The lowest BCUT2D eigenvalue weighted by Crippen LogP contribution is -1.94. The topological polar surface area (TPSA) is 17.8 Å². The maximum Gasteiger partial charge on any atom is 0.0572 e. The van der Waals surface area contributed by atoms with E-state index in [0.717, 1.165) is 5.92 Å². The van der Waals surface area contributed by atoms with Gasteiger partial charge in [0, 0.05) is 24.7 Å². The zero-order valence-electron chi connectivity index (χ0n) is 5.46. The van der Waals surface area contributed by atoms with E-state index >= 15 is 0 Å². The monoisotopic (exact) mass is 121 g/mol. The van der Waals surface area contributed by atoms with Crippen LogP contribution < -0.4 is 0 Å². The first-order chi connectivity index (χ1) is 4.38. The highest BCUT2D eigenvalue weighted by Gasteiger charge is 2.25. The van der Waals surface area contributed by atoms with Crippen molar-refractivity contribution in [2.45, 2.75) is 18.8 Å². The number of rotatable bonds is 1. The first-order valence-corrected chi connectivity index (χ1v) is 3.27. The standard InChI is InChI=1S/C7H9N2/c1-9-7(4-5-8-9)6-2-3-6/h5-6H,2-3H2,1H3. The van der Waals surface area contributed by atoms with Gasteiger partial charge in [-0.2, -0.15) is 5.10 Å². The molecule has 1 aromatic heterocycles. The molecule has 9 heavy (non-hydrogen) atoms. The van der Waals surface area contributed by atoms with Crippen LogP contribution in [0.5, 0.6) is 0 Å². The van der Waals surface area contributed by atoms with Gasteiger partial charge < -0.3 is 0 Å². The zero-order chi connectivity index (χ0) is 6.27. The van der Waals surface area contributed by atoms with Crippen LogP contribution in [0.4, 0.5) is 0 Å². The lowest BCUT2D eigenvalue weighted by atomic mass is 10.3. The molecule has 2 nitrogen and oxygen atoms in total. The Bertz CT molecular complexity index is 210. The molecule has 1 fully saturated rings. The van der Waals surface area contributed by atoms with Gasteiger partial charge in [0.1, 0.15) is 0 Å². The third-order valence-electron chi connectivity index (χ3n) is 1.76. The van der Waals surface area contributed by atoms with E-state index in [0.29, 0.717) is 0 Å². The predicted molar refractivity (Wildman–Crippen MR) is 34.0 cm³/mol. The molecule has 1 aromatic rings. The van der Waals surface area contributed by atoms with Crippen molar-refractivity contribution < 1.29 is 0 Å². The summed E-state index contributed by atoms with van der Waals surface area (Å²) in [4.78, 5) is 0. The molecule has 0 spiro atoms. The van der Waals surface area contributed by atoms with E-state index in [1.807, 2.05) is 11.7 Å². The number of aromatic nitrogens is 2. The minimum Gasteiger partial charge on any atom is -0.272 e. The van der Waals surface area contributed by atoms with Crippen molar-refractivity contribution in [1.82, 2.24) is 9.78 Å². The molecule has 0 saturated heterocycles. The second-order valence-corrected chi connectivity index (χ2v) is 2.57. The highest BCUT2D eigenvalue weighted by molar-refractivity contribution is 5.11. The van der Waals surface area contributed by atoms with Crippen molar-refractivity contribution in [3.05, 3.63) is 18.0 Å². The Morgan fingerprint density at radius 2 is 2.56 bits per heavy atom. The van der Waals surface area contributed by atoms with Crippen molar-refractivity contribution in [2.75, 3.05) is 0 Å². The zero-order valence-corrected chi connectivity index (χ0v) is 5.46. The number of hydrogen-bond donors (Lipinski definition) is 0. The Kier molecular flexibility index (Phi) is 0.891. The molecule has 2 rings (SSSR count). The lowest BCUT2D eigenvalue weighted by molar-refractivity contribution is 0.713. The van der Waals surface area contributed by atoms with Crippen LogP contribution in [0.2, 0.25) is 0 Å². The van der Waals surface area contributed by atoms with Crippen LogP contribution in [-0.2, 0) is 7.05 Å². The van der Waals surface area contributed by atoms with Gasteiger partial charge in [0.25, 0.3) is 0 Å². The highest BCUT2D eigenvalue weighted by Crippen LogP contribution is 2.39. The van der Waals surface area contributed by atoms with Crippen LogP contribution in [-0.4, -0.2) is 9.78 Å². The van der Waals surface area contributed by atoms with Crippen LogP contribution >= 0.6 is 0 Å². The quantitative estimate of drug-likeness (QED) is 0.544. The Labute approximate surface area is 54.5 Å². The van der Waals surface area contributed by atoms with Gasteiger partial charge in [0.2, 0.25) is 0 Å². The number of hydrogen-bond acceptors (Lipinski definition) is 1. The molecule has 1 heterocycles. The largest absolute Gasteiger partial charge is 0.272 e. The minimum absolute atomic E-state index is 0.775. The third kappa shape index (κ3) is 0.745. The molecular formula is C7H9N2. The van der Waals surface area contributed by atoms with Crippen LogP contribution in [0.3, 0.4) is 0 Å². The third-order valence-corrected chi connectivity index (χ3v) is 1.76. The summed E-state index contributed by atoms with van der Waals surface area (Å²) in [6.07, 6.45) is 4.40. The fourth-order valence-corrected chi connectivity index (χ4v) is 1.08. The second kappa shape index (κ2) is 1.59. The Balaban J connectivity index is 2.35. The number of nitrogens with zero attached hydrogens (tertiary/aromatic N) is 2. The van der Waals surface area contributed by atoms with Crippen molar-refractivity contribution in [3.8, 4) is 0 Å². The number of aryl methyl sites for hydroxylation is 1. The summed E-state index contributed by atoms with van der Waals surface area (Å²) in [5.74, 6) is 0.775. The maximum absolute atomic E-state index is 4.04. The normalized spacial score (nSPS) is 18.3. The fraction of sp³-hybridized carbons (Fsp3) is 0.571. The van der Waals surface area contributed by atoms with Crippen molar-refractivity contribution in [2.24, 2.45) is 7.05 Å². The Morgan fingerprint density at radius 3 is 3.00 bits per heavy atom. The lowest BCUT2D eigenvalue weighted by Gasteiger charge is -1.94. The highest BCUT2D eigenvalue weighted by atomic mass is 15.3. The molecule has 1 saturated carbocycles. The average molecular weight is 121 g/mol. The van der Waals surface area contributed by atoms with Gasteiger partial charge in [0.15, 0.2) is 0 Å². The molecule has 0 amide bonds. The molecule has 1 aliphatic carbocycles. The van der Waals surface area contributed by atoms with Gasteiger partial charge in [-0.25, -0.2) is 0 Å². The summed E-state index contributed by atoms with van der Waals surface area (Å²) in [5.41, 5.74) is 1.27. The van der Waals surface area contributed by atoms with Crippen LogP contribution in [0.25, 0.3) is 0 Å². The molecule has 0 bridgehead atoms. The Morgan fingerprint density at radius 1 is 1.78 bits per heavy atom. The SMILES string of the molecule is Cn1nc[c]c1C1CC1. The average Bonchev–Trinajstić information content (AvgIpc) is 2.58. The van der Waals surface area contributed by atoms with Crippen LogP contribution in [0, 0.1) is 6.07 Å². The maximum atomic E-state index is 4.04. The molecule has 2 heteroatoms. The summed E-state index contributed by atoms with van der Waals surface area (Å²) >= 11 is 0. The molecule has 0 aliphatic heterocycles. The molecular weight excluding hydrogens is 112 g/mol. The van der Waals surface area contributed by atoms with E-state index in [1.165, 1.54) is 18.5 Å². The van der Waals surface area contributed by atoms with E-state index in [2.05, 4.69) is 11.2 Å². The molecule has 0 atom stereocenters. The molecule has 1 aliphatic rings.